The molecular weight excluding hydrogens is 324 g/mol. The molecule has 0 saturated carbocycles. The first-order valence-electron chi connectivity index (χ1n) is 9.60. The Morgan fingerprint density at radius 2 is 1.77 bits per heavy atom. The van der Waals surface area contributed by atoms with Crippen LogP contribution in [-0.2, 0) is 9.59 Å². The van der Waals surface area contributed by atoms with E-state index in [2.05, 4.69) is 41.0 Å². The highest BCUT2D eigenvalue weighted by molar-refractivity contribution is 5.85. The molecule has 0 aliphatic rings. The first kappa shape index (κ1) is 20.0. The molecule has 0 radical (unpaired) electrons. The van der Waals surface area contributed by atoms with E-state index in [1.165, 1.54) is 10.8 Å². The number of fused-ring (bicyclic) bond motifs is 1. The summed E-state index contributed by atoms with van der Waals surface area (Å²) in [5, 5.41) is 8.89. The van der Waals surface area contributed by atoms with Crippen LogP contribution in [0.3, 0.4) is 0 Å². The Labute approximate surface area is 156 Å². The average molecular weight is 354 g/mol. The molecule has 2 aromatic rings. The average Bonchev–Trinajstić information content (AvgIpc) is 2.64. The van der Waals surface area contributed by atoms with Crippen molar-refractivity contribution in [1.29, 1.82) is 0 Å². The quantitative estimate of drug-likeness (QED) is 0.576. The van der Waals surface area contributed by atoms with Crippen LogP contribution in [0.1, 0.15) is 52.4 Å². The Morgan fingerprint density at radius 1 is 1.00 bits per heavy atom. The van der Waals surface area contributed by atoms with Gasteiger partial charge in [-0.3, -0.25) is 9.59 Å². The van der Waals surface area contributed by atoms with Crippen LogP contribution in [0, 0.1) is 0 Å². The fraction of sp³-hybridized carbons (Fsp3) is 0.455. The lowest BCUT2D eigenvalue weighted by atomic mass is 10.0. The van der Waals surface area contributed by atoms with Gasteiger partial charge in [-0.2, -0.15) is 0 Å². The number of Topliss-reactive ketones (excluding diaryl/α,β-unsaturated/α-hetero) is 1. The summed E-state index contributed by atoms with van der Waals surface area (Å²) in [6.07, 6.45) is 5.21. The van der Waals surface area contributed by atoms with Crippen LogP contribution in [-0.4, -0.2) is 24.3 Å². The molecule has 4 nitrogen and oxygen atoms in total. The predicted molar refractivity (Wildman–Crippen MR) is 108 cm³/mol. The maximum atomic E-state index is 11.5. The lowest BCUT2D eigenvalue weighted by Crippen LogP contribution is -2.38. The van der Waals surface area contributed by atoms with Crippen LogP contribution in [0.15, 0.2) is 42.5 Å². The second kappa shape index (κ2) is 10.6. The zero-order valence-electron chi connectivity index (χ0n) is 15.9. The molecule has 2 aromatic carbocycles. The third kappa shape index (κ3) is 6.87. The van der Waals surface area contributed by atoms with Crippen molar-refractivity contribution in [2.45, 2.75) is 58.4 Å². The van der Waals surface area contributed by atoms with Crippen LogP contribution >= 0.6 is 0 Å². The van der Waals surface area contributed by atoms with Crippen molar-refractivity contribution >= 4 is 28.2 Å². The van der Waals surface area contributed by atoms with Gasteiger partial charge in [0, 0.05) is 38.0 Å². The van der Waals surface area contributed by atoms with Crippen LogP contribution in [0.5, 0.6) is 0 Å². The van der Waals surface area contributed by atoms with Gasteiger partial charge in [0.15, 0.2) is 0 Å². The monoisotopic (exact) mass is 354 g/mol. The third-order valence-electron chi connectivity index (χ3n) is 4.61. The van der Waals surface area contributed by atoms with Crippen molar-refractivity contribution in [2.24, 2.45) is 0 Å². The van der Waals surface area contributed by atoms with Crippen molar-refractivity contribution in [3.8, 4) is 0 Å². The van der Waals surface area contributed by atoms with Crippen LogP contribution in [0.25, 0.3) is 10.8 Å². The summed E-state index contributed by atoms with van der Waals surface area (Å²) in [5.41, 5.74) is 1.06. The molecule has 0 aliphatic carbocycles. The molecule has 4 heteroatoms. The van der Waals surface area contributed by atoms with Gasteiger partial charge in [0.25, 0.3) is 0 Å². The van der Waals surface area contributed by atoms with Gasteiger partial charge in [-0.25, -0.2) is 0 Å². The lowest BCUT2D eigenvalue weighted by Gasteiger charge is -2.19. The standard InChI is InChI=1S/C22H30N2O2/c1-3-22(26)12-6-4-5-11-21(24-17(2)25)16-23-20-14-13-18-9-7-8-10-19(18)15-20/h7-10,13-15,21,23H,3-6,11-12,16H2,1-2H3,(H,24,25)/t21-/m0/s1. The minimum absolute atomic E-state index is 0.00327. The van der Waals surface area contributed by atoms with Crippen LogP contribution in [0.2, 0.25) is 0 Å². The normalized spacial score (nSPS) is 11.9. The number of rotatable bonds is 11. The Kier molecular flexibility index (Phi) is 8.13. The Hall–Kier alpha value is -2.36. The maximum absolute atomic E-state index is 11.5. The van der Waals surface area contributed by atoms with E-state index in [9.17, 15) is 9.59 Å². The highest BCUT2D eigenvalue weighted by atomic mass is 16.1. The highest BCUT2D eigenvalue weighted by Gasteiger charge is 2.10. The molecule has 0 fully saturated rings. The molecule has 0 bridgehead atoms. The van der Waals surface area contributed by atoms with E-state index >= 15 is 0 Å². The molecule has 0 unspecified atom stereocenters. The summed E-state index contributed by atoms with van der Waals surface area (Å²) < 4.78 is 0. The van der Waals surface area contributed by atoms with E-state index in [0.717, 1.165) is 31.4 Å². The van der Waals surface area contributed by atoms with Crippen molar-refractivity contribution in [2.75, 3.05) is 11.9 Å². The van der Waals surface area contributed by atoms with E-state index < -0.39 is 0 Å². The van der Waals surface area contributed by atoms with Crippen molar-refractivity contribution < 1.29 is 9.59 Å². The zero-order valence-corrected chi connectivity index (χ0v) is 15.9. The second-order valence-corrected chi connectivity index (χ2v) is 6.83. The predicted octanol–water partition coefficient (Wildman–Crippen LogP) is 4.69. The molecule has 26 heavy (non-hydrogen) atoms. The van der Waals surface area contributed by atoms with Crippen LogP contribution in [0.4, 0.5) is 5.69 Å². The second-order valence-electron chi connectivity index (χ2n) is 6.83. The van der Waals surface area contributed by atoms with Crippen molar-refractivity contribution in [1.82, 2.24) is 5.32 Å². The number of unbranched alkanes of at least 4 members (excludes halogenated alkanes) is 2. The van der Waals surface area contributed by atoms with E-state index in [1.807, 2.05) is 19.1 Å². The van der Waals surface area contributed by atoms with Gasteiger partial charge >= 0.3 is 0 Å². The summed E-state index contributed by atoms with van der Waals surface area (Å²) in [7, 11) is 0. The largest absolute Gasteiger partial charge is 0.383 e. The lowest BCUT2D eigenvalue weighted by molar-refractivity contribution is -0.120. The molecular formula is C22H30N2O2. The van der Waals surface area contributed by atoms with Crippen molar-refractivity contribution in [3.63, 3.8) is 0 Å². The molecule has 2 N–H and O–H groups in total. The first-order valence-corrected chi connectivity index (χ1v) is 9.60. The van der Waals surface area contributed by atoms with Gasteiger partial charge in [0.05, 0.1) is 0 Å². The highest BCUT2D eigenvalue weighted by Crippen LogP contribution is 2.19. The summed E-state index contributed by atoms with van der Waals surface area (Å²) in [4.78, 5) is 22.8. The SMILES string of the molecule is CCC(=O)CCCCC[C@@H](CNc1ccc2ccccc2c1)NC(C)=O. The van der Waals surface area contributed by atoms with Crippen LogP contribution < -0.4 is 10.6 Å². The summed E-state index contributed by atoms with van der Waals surface area (Å²) in [6, 6.07) is 14.7. The molecule has 1 amide bonds. The number of amides is 1. The molecule has 1 atom stereocenters. The smallest absolute Gasteiger partial charge is 0.217 e. The summed E-state index contributed by atoms with van der Waals surface area (Å²) in [6.45, 7) is 4.17. The number of hydrogen-bond donors (Lipinski definition) is 2. The zero-order chi connectivity index (χ0) is 18.8. The molecule has 0 aliphatic heterocycles. The number of benzene rings is 2. The van der Waals surface area contributed by atoms with Crippen molar-refractivity contribution in [3.05, 3.63) is 42.5 Å². The molecule has 0 spiro atoms. The van der Waals surface area contributed by atoms with Gasteiger partial charge in [-0.05, 0) is 35.7 Å². The molecule has 0 heterocycles. The first-order chi connectivity index (χ1) is 12.6. The molecule has 0 saturated heterocycles. The number of carbonyl (C=O) groups is 2. The summed E-state index contributed by atoms with van der Waals surface area (Å²) in [5.74, 6) is 0.331. The Bertz CT molecular complexity index is 727. The minimum Gasteiger partial charge on any atom is -0.383 e. The molecule has 2 rings (SSSR count). The molecule has 0 aromatic heterocycles. The fourth-order valence-electron chi connectivity index (χ4n) is 3.12. The van der Waals surface area contributed by atoms with Gasteiger partial charge in [-0.15, -0.1) is 0 Å². The minimum atomic E-state index is -0.00327. The van der Waals surface area contributed by atoms with E-state index in [1.54, 1.807) is 6.92 Å². The number of ketones is 1. The molecule has 140 valence electrons. The van der Waals surface area contributed by atoms with Gasteiger partial charge < -0.3 is 10.6 Å². The maximum Gasteiger partial charge on any atom is 0.217 e. The Morgan fingerprint density at radius 3 is 2.50 bits per heavy atom. The fourth-order valence-corrected chi connectivity index (χ4v) is 3.12. The van der Waals surface area contributed by atoms with E-state index in [-0.39, 0.29) is 11.9 Å². The van der Waals surface area contributed by atoms with Gasteiger partial charge in [0.2, 0.25) is 5.91 Å². The van der Waals surface area contributed by atoms with Gasteiger partial charge in [0.1, 0.15) is 5.78 Å². The van der Waals surface area contributed by atoms with Gasteiger partial charge in [-0.1, -0.05) is 50.1 Å². The summed E-state index contributed by atoms with van der Waals surface area (Å²) >= 11 is 0. The number of anilines is 1. The number of nitrogens with one attached hydrogen (secondary N) is 2. The van der Waals surface area contributed by atoms with E-state index in [4.69, 9.17) is 0 Å². The van der Waals surface area contributed by atoms with E-state index in [0.29, 0.717) is 25.2 Å². The Balaban J connectivity index is 1.82. The third-order valence-corrected chi connectivity index (χ3v) is 4.61. The topological polar surface area (TPSA) is 58.2 Å². The number of hydrogen-bond acceptors (Lipinski definition) is 3. The number of carbonyl (C=O) groups excluding carboxylic acids is 2.